The Hall–Kier alpha value is -1.35. The number of benzene rings is 1. The molecule has 0 aliphatic rings. The zero-order valence-corrected chi connectivity index (χ0v) is 11.9. The largest absolute Gasteiger partial charge is 0.464 e. The molecule has 3 nitrogen and oxygen atoms in total. The van der Waals surface area contributed by atoms with Crippen LogP contribution in [0.15, 0.2) is 30.3 Å². The molecular formula is C17H23O3. The van der Waals surface area contributed by atoms with Gasteiger partial charge in [0.25, 0.3) is 6.47 Å². The summed E-state index contributed by atoms with van der Waals surface area (Å²) >= 11 is 0. The highest BCUT2D eigenvalue weighted by Gasteiger charge is 2.12. The summed E-state index contributed by atoms with van der Waals surface area (Å²) in [5, 5.41) is 9.96. The predicted molar refractivity (Wildman–Crippen MR) is 79.4 cm³/mol. The molecule has 0 spiro atoms. The third-order valence-corrected chi connectivity index (χ3v) is 3.08. The standard InChI is InChI=1S/C17H23O3/c1-2-3-5-11-16(20-14-18)12-8-13-17(19)15-9-6-4-7-10-15/h4,6-10,12-14,16-17,19H,2-3,5,11H2,1H3/t16-,17-/m1/s1. The fourth-order valence-electron chi connectivity index (χ4n) is 1.93. The highest BCUT2D eigenvalue weighted by atomic mass is 16.5. The Kier molecular flexibility index (Phi) is 8.72. The molecule has 0 amide bonds. The lowest BCUT2D eigenvalue weighted by molar-refractivity contribution is -0.132. The molecule has 0 saturated carbocycles. The van der Waals surface area contributed by atoms with E-state index in [0.717, 1.165) is 31.2 Å². The minimum Gasteiger partial charge on any atom is -0.464 e. The van der Waals surface area contributed by atoms with Crippen molar-refractivity contribution >= 4 is 6.47 Å². The van der Waals surface area contributed by atoms with E-state index in [2.05, 4.69) is 6.92 Å². The first-order valence-electron chi connectivity index (χ1n) is 7.11. The van der Waals surface area contributed by atoms with E-state index >= 15 is 0 Å². The Balaban J connectivity index is 2.27. The van der Waals surface area contributed by atoms with Gasteiger partial charge in [-0.15, -0.1) is 0 Å². The first-order chi connectivity index (χ1) is 9.77. The molecule has 3 radical (unpaired) electrons. The molecule has 0 aliphatic heterocycles. The van der Waals surface area contributed by atoms with E-state index in [9.17, 15) is 9.90 Å². The third-order valence-electron chi connectivity index (χ3n) is 3.08. The molecule has 1 rings (SSSR count). The van der Waals surface area contributed by atoms with Crippen LogP contribution in [0.25, 0.3) is 0 Å². The van der Waals surface area contributed by atoms with Gasteiger partial charge >= 0.3 is 0 Å². The van der Waals surface area contributed by atoms with Crippen LogP contribution in [0, 0.1) is 19.3 Å². The van der Waals surface area contributed by atoms with Gasteiger partial charge in [0.2, 0.25) is 0 Å². The molecule has 0 aliphatic carbocycles. The molecule has 0 aromatic heterocycles. The van der Waals surface area contributed by atoms with Crippen LogP contribution < -0.4 is 0 Å². The number of hydrogen-bond acceptors (Lipinski definition) is 3. The van der Waals surface area contributed by atoms with Gasteiger partial charge in [0.05, 0.1) is 6.10 Å². The first-order valence-corrected chi connectivity index (χ1v) is 7.11. The Labute approximate surface area is 122 Å². The monoisotopic (exact) mass is 275 g/mol. The summed E-state index contributed by atoms with van der Waals surface area (Å²) in [5.41, 5.74) is 0.844. The lowest BCUT2D eigenvalue weighted by Crippen LogP contribution is -2.14. The van der Waals surface area contributed by atoms with Crippen molar-refractivity contribution in [1.82, 2.24) is 0 Å². The van der Waals surface area contributed by atoms with Crippen LogP contribution in [0.3, 0.4) is 0 Å². The lowest BCUT2D eigenvalue weighted by atomic mass is 10.0. The van der Waals surface area contributed by atoms with Gasteiger partial charge in [-0.2, -0.15) is 0 Å². The van der Waals surface area contributed by atoms with E-state index in [1.807, 2.05) is 36.8 Å². The van der Waals surface area contributed by atoms with E-state index in [4.69, 9.17) is 4.74 Å². The Morgan fingerprint density at radius 2 is 1.95 bits per heavy atom. The van der Waals surface area contributed by atoms with E-state index in [1.165, 1.54) is 0 Å². The maximum atomic E-state index is 10.5. The SMILES string of the molecule is CCCCC[C@H]([CH][CH][CH][C@@H](O)c1ccccc1)OC=O. The second-order valence-electron chi connectivity index (χ2n) is 4.70. The number of carbonyl (C=O) groups excluding carboxylic acids is 1. The number of carbonyl (C=O) groups is 1. The molecule has 1 aromatic carbocycles. The third kappa shape index (κ3) is 6.71. The van der Waals surface area contributed by atoms with Crippen LogP contribution in [0.2, 0.25) is 0 Å². The zero-order valence-electron chi connectivity index (χ0n) is 11.9. The molecule has 109 valence electrons. The van der Waals surface area contributed by atoms with Crippen molar-refractivity contribution in [1.29, 1.82) is 0 Å². The van der Waals surface area contributed by atoms with Crippen molar-refractivity contribution in [2.24, 2.45) is 0 Å². The van der Waals surface area contributed by atoms with Gasteiger partial charge in [-0.25, -0.2) is 0 Å². The van der Waals surface area contributed by atoms with Gasteiger partial charge in [0.1, 0.15) is 6.10 Å². The Morgan fingerprint density at radius 1 is 1.20 bits per heavy atom. The molecular weight excluding hydrogens is 252 g/mol. The summed E-state index contributed by atoms with van der Waals surface area (Å²) in [6.45, 7) is 2.62. The normalized spacial score (nSPS) is 13.7. The van der Waals surface area contributed by atoms with Crippen molar-refractivity contribution in [3.8, 4) is 0 Å². The summed E-state index contributed by atoms with van der Waals surface area (Å²) in [7, 11) is 0. The quantitative estimate of drug-likeness (QED) is 0.497. The number of aliphatic hydroxyl groups excluding tert-OH is 1. The van der Waals surface area contributed by atoms with E-state index in [0.29, 0.717) is 6.47 Å². The molecule has 0 saturated heterocycles. The van der Waals surface area contributed by atoms with Crippen molar-refractivity contribution in [2.45, 2.75) is 44.8 Å². The molecule has 2 atom stereocenters. The van der Waals surface area contributed by atoms with Gasteiger partial charge in [-0.1, -0.05) is 50.1 Å². The maximum absolute atomic E-state index is 10.5. The van der Waals surface area contributed by atoms with Crippen LogP contribution in [-0.2, 0) is 9.53 Å². The number of unbranched alkanes of at least 4 members (excludes halogenated alkanes) is 2. The van der Waals surface area contributed by atoms with Crippen molar-refractivity contribution in [3.63, 3.8) is 0 Å². The number of aliphatic hydroxyl groups is 1. The van der Waals surface area contributed by atoms with Crippen molar-refractivity contribution in [3.05, 3.63) is 55.2 Å². The van der Waals surface area contributed by atoms with E-state index in [1.54, 1.807) is 12.8 Å². The number of rotatable bonds is 11. The summed E-state index contributed by atoms with van der Waals surface area (Å²) in [6, 6.07) is 9.43. The first kappa shape index (κ1) is 16.7. The summed E-state index contributed by atoms with van der Waals surface area (Å²) in [4.78, 5) is 10.5. The molecule has 0 unspecified atom stereocenters. The van der Waals surface area contributed by atoms with E-state index < -0.39 is 6.10 Å². The predicted octanol–water partition coefficient (Wildman–Crippen LogP) is 3.45. The molecule has 0 fully saturated rings. The highest BCUT2D eigenvalue weighted by molar-refractivity contribution is 5.38. The molecule has 1 N–H and O–H groups in total. The van der Waals surface area contributed by atoms with E-state index in [-0.39, 0.29) is 6.10 Å². The zero-order chi connectivity index (χ0) is 14.6. The molecule has 20 heavy (non-hydrogen) atoms. The minimum atomic E-state index is -0.639. The smallest absolute Gasteiger partial charge is 0.293 e. The lowest BCUT2D eigenvalue weighted by Gasteiger charge is -2.15. The average Bonchev–Trinajstić information content (AvgIpc) is 2.48. The van der Waals surface area contributed by atoms with Crippen LogP contribution in [0.1, 0.15) is 44.3 Å². The second-order valence-corrected chi connectivity index (χ2v) is 4.70. The Bertz CT molecular complexity index is 351. The van der Waals surface area contributed by atoms with Crippen molar-refractivity contribution < 1.29 is 14.6 Å². The molecule has 0 bridgehead atoms. The van der Waals surface area contributed by atoms with Gasteiger partial charge in [-0.05, 0) is 31.2 Å². The fraction of sp³-hybridized carbons (Fsp3) is 0.412. The number of hydrogen-bond donors (Lipinski definition) is 1. The average molecular weight is 275 g/mol. The Morgan fingerprint density at radius 3 is 2.60 bits per heavy atom. The van der Waals surface area contributed by atoms with Crippen molar-refractivity contribution in [2.75, 3.05) is 0 Å². The molecule has 0 heterocycles. The van der Waals surface area contributed by atoms with Gasteiger partial charge < -0.3 is 9.84 Å². The molecule has 3 heteroatoms. The summed E-state index contributed by atoms with van der Waals surface area (Å²) < 4.78 is 5.01. The minimum absolute atomic E-state index is 0.210. The highest BCUT2D eigenvalue weighted by Crippen LogP contribution is 2.19. The van der Waals surface area contributed by atoms with Crippen LogP contribution >= 0.6 is 0 Å². The van der Waals surface area contributed by atoms with Crippen LogP contribution in [-0.4, -0.2) is 17.7 Å². The topological polar surface area (TPSA) is 46.5 Å². The second kappa shape index (κ2) is 10.4. The van der Waals surface area contributed by atoms with Gasteiger partial charge in [0, 0.05) is 6.42 Å². The van der Waals surface area contributed by atoms with Crippen LogP contribution in [0.5, 0.6) is 0 Å². The number of ether oxygens (including phenoxy) is 1. The van der Waals surface area contributed by atoms with Gasteiger partial charge in [0.15, 0.2) is 0 Å². The molecule has 1 aromatic rings. The van der Waals surface area contributed by atoms with Crippen LogP contribution in [0.4, 0.5) is 0 Å². The van der Waals surface area contributed by atoms with Gasteiger partial charge in [-0.3, -0.25) is 4.79 Å². The summed E-state index contributed by atoms with van der Waals surface area (Å²) in [5.74, 6) is 0. The maximum Gasteiger partial charge on any atom is 0.293 e. The fourth-order valence-corrected chi connectivity index (χ4v) is 1.93. The summed E-state index contributed by atoms with van der Waals surface area (Å²) in [6.07, 6.45) is 8.53.